The highest BCUT2D eigenvalue weighted by Gasteiger charge is 2.17. The lowest BCUT2D eigenvalue weighted by Crippen LogP contribution is -2.06. The maximum atomic E-state index is 10.9. The van der Waals surface area contributed by atoms with Gasteiger partial charge in [0.05, 0.1) is 7.11 Å². The third-order valence-electron chi connectivity index (χ3n) is 4.29. The van der Waals surface area contributed by atoms with Crippen LogP contribution in [0.1, 0.15) is 22.8 Å². The first kappa shape index (κ1) is 19.7. The molecule has 1 N–H and O–H groups in total. The SMILES string of the molecule is COCOc1ccc(OC)cc1C(O)c1ccc(OCc2ccccc2)cc1. The molecule has 0 radical (unpaired) electrons. The lowest BCUT2D eigenvalue weighted by atomic mass is 10.00. The van der Waals surface area contributed by atoms with E-state index in [0.717, 1.165) is 16.9 Å². The molecule has 0 amide bonds. The molecule has 0 aliphatic rings. The number of aliphatic hydroxyl groups is 1. The number of hydrogen-bond acceptors (Lipinski definition) is 5. The van der Waals surface area contributed by atoms with Crippen molar-refractivity contribution in [2.75, 3.05) is 21.0 Å². The molecule has 0 saturated carbocycles. The zero-order chi connectivity index (χ0) is 19.8. The largest absolute Gasteiger partial charge is 0.497 e. The smallest absolute Gasteiger partial charge is 0.188 e. The first-order chi connectivity index (χ1) is 13.7. The highest BCUT2D eigenvalue weighted by molar-refractivity contribution is 5.45. The molecule has 1 atom stereocenters. The van der Waals surface area contributed by atoms with E-state index in [1.165, 1.54) is 0 Å². The molecule has 3 aromatic rings. The summed E-state index contributed by atoms with van der Waals surface area (Å²) in [5.74, 6) is 1.92. The van der Waals surface area contributed by atoms with Crippen LogP contribution in [0.4, 0.5) is 0 Å². The molecule has 5 heteroatoms. The van der Waals surface area contributed by atoms with Crippen molar-refractivity contribution < 1.29 is 24.1 Å². The molecule has 1 unspecified atom stereocenters. The molecule has 5 nitrogen and oxygen atoms in total. The Bertz CT molecular complexity index is 862. The molecule has 28 heavy (non-hydrogen) atoms. The molecular formula is C23H24O5. The first-order valence-corrected chi connectivity index (χ1v) is 8.95. The maximum Gasteiger partial charge on any atom is 0.188 e. The Kier molecular flexibility index (Phi) is 6.89. The monoisotopic (exact) mass is 380 g/mol. The van der Waals surface area contributed by atoms with E-state index < -0.39 is 6.10 Å². The molecule has 0 aromatic heterocycles. The Morgan fingerprint density at radius 1 is 0.821 bits per heavy atom. The lowest BCUT2D eigenvalue weighted by Gasteiger charge is -2.18. The summed E-state index contributed by atoms with van der Waals surface area (Å²) >= 11 is 0. The highest BCUT2D eigenvalue weighted by Crippen LogP contribution is 2.34. The second-order valence-electron chi connectivity index (χ2n) is 6.20. The summed E-state index contributed by atoms with van der Waals surface area (Å²) < 4.78 is 21.6. The minimum absolute atomic E-state index is 0.0955. The van der Waals surface area contributed by atoms with Gasteiger partial charge in [0.25, 0.3) is 0 Å². The summed E-state index contributed by atoms with van der Waals surface area (Å²) in [5.41, 5.74) is 2.43. The van der Waals surface area contributed by atoms with Crippen LogP contribution in [0.5, 0.6) is 17.2 Å². The fraction of sp³-hybridized carbons (Fsp3) is 0.217. The normalized spacial score (nSPS) is 11.7. The first-order valence-electron chi connectivity index (χ1n) is 8.95. The van der Waals surface area contributed by atoms with E-state index in [9.17, 15) is 5.11 Å². The molecule has 0 heterocycles. The highest BCUT2D eigenvalue weighted by atomic mass is 16.7. The predicted octanol–water partition coefficient (Wildman–Crippen LogP) is 4.34. The van der Waals surface area contributed by atoms with E-state index in [2.05, 4.69) is 0 Å². The van der Waals surface area contributed by atoms with E-state index >= 15 is 0 Å². The number of ether oxygens (including phenoxy) is 4. The quantitative estimate of drug-likeness (QED) is 0.560. The number of methoxy groups -OCH3 is 2. The zero-order valence-electron chi connectivity index (χ0n) is 16.0. The Balaban J connectivity index is 1.74. The van der Waals surface area contributed by atoms with Crippen molar-refractivity contribution >= 4 is 0 Å². The van der Waals surface area contributed by atoms with Crippen molar-refractivity contribution in [1.82, 2.24) is 0 Å². The summed E-state index contributed by atoms with van der Waals surface area (Å²) in [5, 5.41) is 10.9. The van der Waals surface area contributed by atoms with Gasteiger partial charge in [0.1, 0.15) is 30.0 Å². The Labute approximate surface area is 165 Å². The van der Waals surface area contributed by atoms with Gasteiger partial charge >= 0.3 is 0 Å². The van der Waals surface area contributed by atoms with E-state index in [-0.39, 0.29) is 6.79 Å². The van der Waals surface area contributed by atoms with Crippen LogP contribution in [0.15, 0.2) is 72.8 Å². The number of aliphatic hydroxyl groups excluding tert-OH is 1. The van der Waals surface area contributed by atoms with Crippen LogP contribution in [-0.2, 0) is 11.3 Å². The van der Waals surface area contributed by atoms with E-state index in [1.54, 1.807) is 32.4 Å². The Morgan fingerprint density at radius 2 is 1.54 bits per heavy atom. The van der Waals surface area contributed by atoms with Gasteiger partial charge < -0.3 is 24.1 Å². The summed E-state index contributed by atoms with van der Waals surface area (Å²) in [6.07, 6.45) is -0.870. The van der Waals surface area contributed by atoms with Crippen LogP contribution in [0.2, 0.25) is 0 Å². The minimum atomic E-state index is -0.870. The van der Waals surface area contributed by atoms with E-state index in [1.807, 2.05) is 54.6 Å². The standard InChI is InChI=1S/C23H24O5/c1-25-16-28-22-13-12-20(26-2)14-21(22)23(24)18-8-10-19(11-9-18)27-15-17-6-4-3-5-7-17/h3-14,23-24H,15-16H2,1-2H3. The van der Waals surface area contributed by atoms with Crippen LogP contribution < -0.4 is 14.2 Å². The Hall–Kier alpha value is -3.02. The van der Waals surface area contributed by atoms with Crippen molar-refractivity contribution in [1.29, 1.82) is 0 Å². The van der Waals surface area contributed by atoms with Gasteiger partial charge in [-0.05, 0) is 41.5 Å². The van der Waals surface area contributed by atoms with Gasteiger partial charge in [0.15, 0.2) is 6.79 Å². The second kappa shape index (κ2) is 9.78. The van der Waals surface area contributed by atoms with Crippen molar-refractivity contribution in [2.45, 2.75) is 12.7 Å². The van der Waals surface area contributed by atoms with Crippen LogP contribution in [0.25, 0.3) is 0 Å². The van der Waals surface area contributed by atoms with E-state index in [4.69, 9.17) is 18.9 Å². The van der Waals surface area contributed by atoms with E-state index in [0.29, 0.717) is 23.7 Å². The van der Waals surface area contributed by atoms with Crippen molar-refractivity contribution in [3.63, 3.8) is 0 Å². The van der Waals surface area contributed by atoms with Crippen molar-refractivity contribution in [3.05, 3.63) is 89.5 Å². The molecule has 0 fully saturated rings. The van der Waals surface area contributed by atoms with Gasteiger partial charge in [0, 0.05) is 12.7 Å². The van der Waals surface area contributed by atoms with Crippen LogP contribution in [0.3, 0.4) is 0 Å². The van der Waals surface area contributed by atoms with Crippen LogP contribution in [0, 0.1) is 0 Å². The molecule has 0 aliphatic heterocycles. The van der Waals surface area contributed by atoms with Crippen molar-refractivity contribution in [3.8, 4) is 17.2 Å². The number of benzene rings is 3. The van der Waals surface area contributed by atoms with Gasteiger partial charge in [-0.1, -0.05) is 42.5 Å². The summed E-state index contributed by atoms with van der Waals surface area (Å²) in [6.45, 7) is 0.589. The molecule has 0 saturated heterocycles. The zero-order valence-corrected chi connectivity index (χ0v) is 16.0. The summed E-state index contributed by atoms with van der Waals surface area (Å²) in [4.78, 5) is 0. The van der Waals surface area contributed by atoms with Crippen molar-refractivity contribution in [2.24, 2.45) is 0 Å². The van der Waals surface area contributed by atoms with Gasteiger partial charge in [-0.2, -0.15) is 0 Å². The summed E-state index contributed by atoms with van der Waals surface area (Å²) in [7, 11) is 3.13. The predicted molar refractivity (Wildman–Crippen MR) is 107 cm³/mol. The third kappa shape index (κ3) is 5.03. The minimum Gasteiger partial charge on any atom is -0.497 e. The average Bonchev–Trinajstić information content (AvgIpc) is 2.76. The molecular weight excluding hydrogens is 356 g/mol. The maximum absolute atomic E-state index is 10.9. The van der Waals surface area contributed by atoms with Gasteiger partial charge in [-0.25, -0.2) is 0 Å². The summed E-state index contributed by atoms with van der Waals surface area (Å²) in [6, 6.07) is 22.6. The molecule has 0 bridgehead atoms. The molecule has 0 spiro atoms. The molecule has 146 valence electrons. The third-order valence-corrected chi connectivity index (χ3v) is 4.29. The molecule has 3 aromatic carbocycles. The lowest BCUT2D eigenvalue weighted by molar-refractivity contribution is 0.0487. The van der Waals surface area contributed by atoms with Gasteiger partial charge in [0.2, 0.25) is 0 Å². The fourth-order valence-corrected chi connectivity index (χ4v) is 2.79. The Morgan fingerprint density at radius 3 is 2.21 bits per heavy atom. The second-order valence-corrected chi connectivity index (χ2v) is 6.20. The number of rotatable bonds is 9. The van der Waals surface area contributed by atoms with Gasteiger partial charge in [-0.15, -0.1) is 0 Å². The average molecular weight is 380 g/mol. The topological polar surface area (TPSA) is 57.2 Å². The molecule has 0 aliphatic carbocycles. The van der Waals surface area contributed by atoms with Crippen LogP contribution >= 0.6 is 0 Å². The number of hydrogen-bond donors (Lipinski definition) is 1. The van der Waals surface area contributed by atoms with Gasteiger partial charge in [-0.3, -0.25) is 0 Å². The fourth-order valence-electron chi connectivity index (χ4n) is 2.79. The molecule has 3 rings (SSSR count). The van der Waals surface area contributed by atoms with Crippen LogP contribution in [-0.4, -0.2) is 26.1 Å².